The first-order chi connectivity index (χ1) is 9.15. The minimum atomic E-state index is 0.0336. The SMILES string of the molecule is C#CC1CC(=O)N(C(C)c2cccc(OCC)c2)C1. The van der Waals surface area contributed by atoms with Gasteiger partial charge in [0.25, 0.3) is 0 Å². The average Bonchev–Trinajstić information content (AvgIpc) is 2.80. The van der Waals surface area contributed by atoms with E-state index in [1.54, 1.807) is 0 Å². The van der Waals surface area contributed by atoms with E-state index < -0.39 is 0 Å². The topological polar surface area (TPSA) is 29.5 Å². The van der Waals surface area contributed by atoms with Crippen LogP contribution in [0.1, 0.15) is 31.9 Å². The summed E-state index contributed by atoms with van der Waals surface area (Å²) in [5.41, 5.74) is 1.08. The number of carbonyl (C=O) groups is 1. The lowest BCUT2D eigenvalue weighted by atomic mass is 10.1. The first-order valence-corrected chi connectivity index (χ1v) is 6.64. The van der Waals surface area contributed by atoms with Crippen molar-refractivity contribution in [3.63, 3.8) is 0 Å². The second-order valence-electron chi connectivity index (χ2n) is 4.80. The van der Waals surface area contributed by atoms with Gasteiger partial charge in [0.2, 0.25) is 5.91 Å². The van der Waals surface area contributed by atoms with E-state index in [0.29, 0.717) is 19.6 Å². The molecule has 1 saturated heterocycles. The Kier molecular flexibility index (Phi) is 4.11. The number of likely N-dealkylation sites (tertiary alicyclic amines) is 1. The monoisotopic (exact) mass is 257 g/mol. The molecule has 1 aromatic rings. The van der Waals surface area contributed by atoms with Gasteiger partial charge in [-0.1, -0.05) is 12.1 Å². The van der Waals surface area contributed by atoms with Crippen LogP contribution in [0.3, 0.4) is 0 Å². The van der Waals surface area contributed by atoms with Gasteiger partial charge >= 0.3 is 0 Å². The molecule has 2 rings (SSSR count). The molecule has 0 saturated carbocycles. The Bertz CT molecular complexity index is 504. The molecule has 3 nitrogen and oxygen atoms in total. The Morgan fingerprint density at radius 3 is 3.00 bits per heavy atom. The molecule has 1 heterocycles. The van der Waals surface area contributed by atoms with Gasteiger partial charge < -0.3 is 9.64 Å². The van der Waals surface area contributed by atoms with E-state index in [2.05, 4.69) is 5.92 Å². The van der Waals surface area contributed by atoms with Crippen LogP contribution in [0.25, 0.3) is 0 Å². The maximum Gasteiger partial charge on any atom is 0.224 e. The van der Waals surface area contributed by atoms with Gasteiger partial charge in [0.15, 0.2) is 0 Å². The number of amides is 1. The van der Waals surface area contributed by atoms with E-state index in [9.17, 15) is 4.79 Å². The number of hydrogen-bond donors (Lipinski definition) is 0. The van der Waals surface area contributed by atoms with Crippen molar-refractivity contribution in [1.29, 1.82) is 0 Å². The second-order valence-corrected chi connectivity index (χ2v) is 4.80. The molecule has 3 heteroatoms. The third-order valence-electron chi connectivity index (χ3n) is 3.51. The number of nitrogens with zero attached hydrogens (tertiary/aromatic N) is 1. The standard InChI is InChI=1S/C16H19NO2/c1-4-13-9-16(18)17(11-13)12(3)14-7-6-8-15(10-14)19-5-2/h1,6-8,10,12-13H,5,9,11H2,2-3H3. The fourth-order valence-corrected chi connectivity index (χ4v) is 2.43. The smallest absolute Gasteiger partial charge is 0.224 e. The summed E-state index contributed by atoms with van der Waals surface area (Å²) in [6, 6.07) is 7.92. The third-order valence-corrected chi connectivity index (χ3v) is 3.51. The molecule has 1 aliphatic rings. The van der Waals surface area contributed by atoms with Crippen LogP contribution in [0.15, 0.2) is 24.3 Å². The van der Waals surface area contributed by atoms with Gasteiger partial charge in [-0.15, -0.1) is 12.3 Å². The predicted molar refractivity (Wildman–Crippen MR) is 74.7 cm³/mol. The largest absolute Gasteiger partial charge is 0.494 e. The van der Waals surface area contributed by atoms with Crippen LogP contribution in [0.5, 0.6) is 5.75 Å². The van der Waals surface area contributed by atoms with Crippen molar-refractivity contribution in [2.45, 2.75) is 26.3 Å². The average molecular weight is 257 g/mol. The van der Waals surface area contributed by atoms with Gasteiger partial charge in [-0.3, -0.25) is 4.79 Å². The molecule has 19 heavy (non-hydrogen) atoms. The maximum atomic E-state index is 12.0. The van der Waals surface area contributed by atoms with E-state index in [4.69, 9.17) is 11.2 Å². The summed E-state index contributed by atoms with van der Waals surface area (Å²) in [6.07, 6.45) is 5.88. The summed E-state index contributed by atoms with van der Waals surface area (Å²) < 4.78 is 5.49. The summed E-state index contributed by atoms with van der Waals surface area (Å²) in [6.45, 7) is 5.27. The molecule has 0 N–H and O–H groups in total. The van der Waals surface area contributed by atoms with Crippen LogP contribution in [0.4, 0.5) is 0 Å². The van der Waals surface area contributed by atoms with Crippen LogP contribution in [0.2, 0.25) is 0 Å². The van der Waals surface area contributed by atoms with Crippen molar-refractivity contribution in [3.05, 3.63) is 29.8 Å². The molecule has 0 radical (unpaired) electrons. The lowest BCUT2D eigenvalue weighted by Crippen LogP contribution is -2.28. The summed E-state index contributed by atoms with van der Waals surface area (Å²) in [4.78, 5) is 13.8. The fraction of sp³-hybridized carbons (Fsp3) is 0.438. The van der Waals surface area contributed by atoms with Gasteiger partial charge in [0, 0.05) is 18.9 Å². The molecule has 1 amide bonds. The molecule has 0 aliphatic carbocycles. The highest BCUT2D eigenvalue weighted by atomic mass is 16.5. The number of rotatable bonds is 4. The lowest BCUT2D eigenvalue weighted by Gasteiger charge is -2.25. The third kappa shape index (κ3) is 2.90. The van der Waals surface area contributed by atoms with Crippen molar-refractivity contribution in [2.24, 2.45) is 5.92 Å². The van der Waals surface area contributed by atoms with Crippen LogP contribution >= 0.6 is 0 Å². The molecule has 1 aliphatic heterocycles. The Morgan fingerprint density at radius 2 is 2.37 bits per heavy atom. The van der Waals surface area contributed by atoms with Gasteiger partial charge in [0.05, 0.1) is 12.6 Å². The minimum Gasteiger partial charge on any atom is -0.494 e. The molecule has 1 aromatic carbocycles. The molecule has 2 atom stereocenters. The normalized spacial score (nSPS) is 20.2. The van der Waals surface area contributed by atoms with E-state index in [1.807, 2.05) is 43.0 Å². The van der Waals surface area contributed by atoms with E-state index in [0.717, 1.165) is 11.3 Å². The minimum absolute atomic E-state index is 0.0336. The summed E-state index contributed by atoms with van der Waals surface area (Å²) in [7, 11) is 0. The van der Waals surface area contributed by atoms with E-state index in [-0.39, 0.29) is 17.9 Å². The molecule has 1 fully saturated rings. The first-order valence-electron chi connectivity index (χ1n) is 6.64. The number of hydrogen-bond acceptors (Lipinski definition) is 2. The predicted octanol–water partition coefficient (Wildman–Crippen LogP) is 2.63. The molecule has 100 valence electrons. The van der Waals surface area contributed by atoms with Gasteiger partial charge in [-0.2, -0.15) is 0 Å². The van der Waals surface area contributed by atoms with Crippen molar-refractivity contribution in [2.75, 3.05) is 13.2 Å². The molecule has 2 unspecified atom stereocenters. The van der Waals surface area contributed by atoms with Crippen LogP contribution in [0, 0.1) is 18.3 Å². The van der Waals surface area contributed by atoms with Gasteiger partial charge in [-0.25, -0.2) is 0 Å². The van der Waals surface area contributed by atoms with E-state index in [1.165, 1.54) is 0 Å². The number of benzene rings is 1. The maximum absolute atomic E-state index is 12.0. The molecule has 0 aromatic heterocycles. The lowest BCUT2D eigenvalue weighted by molar-refractivity contribution is -0.129. The van der Waals surface area contributed by atoms with Gasteiger partial charge in [0.1, 0.15) is 5.75 Å². The Labute approximate surface area is 114 Å². The molecular formula is C16H19NO2. The van der Waals surface area contributed by atoms with Crippen molar-refractivity contribution >= 4 is 5.91 Å². The van der Waals surface area contributed by atoms with Crippen LogP contribution in [-0.2, 0) is 4.79 Å². The van der Waals surface area contributed by atoms with Crippen molar-refractivity contribution in [1.82, 2.24) is 4.90 Å². The zero-order valence-corrected chi connectivity index (χ0v) is 11.4. The second kappa shape index (κ2) is 5.79. The Balaban J connectivity index is 2.15. The molecule has 0 bridgehead atoms. The highest BCUT2D eigenvalue weighted by molar-refractivity contribution is 5.79. The number of terminal acetylenes is 1. The van der Waals surface area contributed by atoms with E-state index >= 15 is 0 Å². The number of ether oxygens (including phenoxy) is 1. The van der Waals surface area contributed by atoms with Crippen LogP contribution < -0.4 is 4.74 Å². The first kappa shape index (κ1) is 13.5. The Morgan fingerprint density at radius 1 is 1.58 bits per heavy atom. The number of carbonyl (C=O) groups excluding carboxylic acids is 1. The Hall–Kier alpha value is -1.95. The zero-order valence-electron chi connectivity index (χ0n) is 11.4. The summed E-state index contributed by atoms with van der Waals surface area (Å²) >= 11 is 0. The highest BCUT2D eigenvalue weighted by Gasteiger charge is 2.32. The molecular weight excluding hydrogens is 238 g/mol. The summed E-state index contributed by atoms with van der Waals surface area (Å²) in [5.74, 6) is 3.70. The molecule has 0 spiro atoms. The van der Waals surface area contributed by atoms with Gasteiger partial charge in [-0.05, 0) is 31.5 Å². The fourth-order valence-electron chi connectivity index (χ4n) is 2.43. The summed E-state index contributed by atoms with van der Waals surface area (Å²) in [5, 5.41) is 0. The van der Waals surface area contributed by atoms with Crippen LogP contribution in [-0.4, -0.2) is 24.0 Å². The van der Waals surface area contributed by atoms with Crippen molar-refractivity contribution < 1.29 is 9.53 Å². The van der Waals surface area contributed by atoms with Crippen molar-refractivity contribution in [3.8, 4) is 18.1 Å². The zero-order chi connectivity index (χ0) is 13.8. The highest BCUT2D eigenvalue weighted by Crippen LogP contribution is 2.29. The quantitative estimate of drug-likeness (QED) is 0.776.